The largest absolute Gasteiger partial charge is 0.444 e. The Labute approximate surface area is 226 Å². The predicted molar refractivity (Wildman–Crippen MR) is 143 cm³/mol. The summed E-state index contributed by atoms with van der Waals surface area (Å²) >= 11 is 0. The van der Waals surface area contributed by atoms with Crippen molar-refractivity contribution in [3.05, 3.63) is 94.4 Å². The number of aromatic nitrogens is 5. The van der Waals surface area contributed by atoms with Crippen LogP contribution in [0.4, 0.5) is 18.9 Å². The van der Waals surface area contributed by atoms with Gasteiger partial charge in [-0.05, 0) is 74.7 Å². The highest BCUT2D eigenvalue weighted by Gasteiger charge is 2.36. The summed E-state index contributed by atoms with van der Waals surface area (Å²) in [4.78, 5) is 17.8. The van der Waals surface area contributed by atoms with Gasteiger partial charge in [-0.3, -0.25) is 4.79 Å². The van der Waals surface area contributed by atoms with E-state index in [2.05, 4.69) is 25.6 Å². The molecule has 8 nitrogen and oxygen atoms in total. The average molecular weight is 545 g/mol. The van der Waals surface area contributed by atoms with Crippen LogP contribution >= 0.6 is 0 Å². The summed E-state index contributed by atoms with van der Waals surface area (Å²) in [5.41, 5.74) is 2.27. The topological polar surface area (TPSA) is 98.7 Å². The summed E-state index contributed by atoms with van der Waals surface area (Å²) in [6.45, 7) is 3.83. The molecule has 0 saturated heterocycles. The van der Waals surface area contributed by atoms with Crippen LogP contribution in [0.1, 0.15) is 30.0 Å². The second kappa shape index (κ2) is 9.74. The van der Waals surface area contributed by atoms with Gasteiger partial charge >= 0.3 is 6.18 Å². The molecule has 1 N–H and O–H groups in total. The van der Waals surface area contributed by atoms with Crippen LogP contribution in [0.25, 0.3) is 39.5 Å². The highest BCUT2D eigenvalue weighted by atomic mass is 19.4. The van der Waals surface area contributed by atoms with E-state index in [1.807, 2.05) is 32.0 Å². The number of anilines is 1. The lowest BCUT2D eigenvalue weighted by Gasteiger charge is -2.27. The lowest BCUT2D eigenvalue weighted by Crippen LogP contribution is -2.34. The molecule has 0 bridgehead atoms. The monoisotopic (exact) mass is 544 g/mol. The van der Waals surface area contributed by atoms with E-state index in [9.17, 15) is 18.0 Å². The Morgan fingerprint density at radius 3 is 2.62 bits per heavy atom. The quantitative estimate of drug-likeness (QED) is 0.293. The zero-order chi connectivity index (χ0) is 28.0. The molecule has 1 aliphatic heterocycles. The van der Waals surface area contributed by atoms with Crippen LogP contribution in [-0.2, 0) is 12.6 Å². The number of nitrogens with zero attached hydrogens (tertiary/aromatic N) is 5. The molecule has 202 valence electrons. The third kappa shape index (κ3) is 4.63. The summed E-state index contributed by atoms with van der Waals surface area (Å²) in [6.07, 6.45) is 0.918. The summed E-state index contributed by atoms with van der Waals surface area (Å²) in [7, 11) is 0. The second-order valence-electron chi connectivity index (χ2n) is 9.80. The number of hydrogen-bond acceptors (Lipinski definition) is 7. The van der Waals surface area contributed by atoms with Gasteiger partial charge in [0.1, 0.15) is 5.69 Å². The molecule has 1 atom stereocenters. The Morgan fingerprint density at radius 1 is 1.07 bits per heavy atom. The van der Waals surface area contributed by atoms with Gasteiger partial charge in [0.05, 0.1) is 28.8 Å². The molecular formula is C29H23F3N6O2. The number of fused-ring (bicyclic) bond motifs is 1. The highest BCUT2D eigenvalue weighted by molar-refractivity contribution is 5.76. The molecule has 0 radical (unpaired) electrons. The standard InChI is InChI=1S/C29H23F3N6O2/c1-16-10-19(25-14-33-15-40-25)12-20(11-16)26-21-7-5-17(2)35-27(21)28(39)38(37-26)24-13-18(23-4-3-9-34-36-23)6-8-22(24)29(30,31)32/h3-4,6,8-15,17,35H,5,7H2,1-2H3. The molecule has 40 heavy (non-hydrogen) atoms. The van der Waals surface area contributed by atoms with Gasteiger partial charge in [0.15, 0.2) is 12.2 Å². The van der Waals surface area contributed by atoms with Gasteiger partial charge in [-0.2, -0.15) is 33.1 Å². The zero-order valence-electron chi connectivity index (χ0n) is 21.5. The van der Waals surface area contributed by atoms with Crippen molar-refractivity contribution >= 4 is 5.69 Å². The van der Waals surface area contributed by atoms with Gasteiger partial charge in [-0.1, -0.05) is 6.07 Å². The molecular weight excluding hydrogens is 521 g/mol. The average Bonchev–Trinajstić information content (AvgIpc) is 3.48. The van der Waals surface area contributed by atoms with E-state index in [1.165, 1.54) is 24.7 Å². The molecule has 11 heteroatoms. The molecule has 4 heterocycles. The van der Waals surface area contributed by atoms with Crippen molar-refractivity contribution in [2.45, 2.75) is 38.9 Å². The molecule has 6 rings (SSSR count). The molecule has 0 saturated carbocycles. The number of alkyl halides is 3. The lowest BCUT2D eigenvalue weighted by atomic mass is 9.93. The number of rotatable bonds is 4. The van der Waals surface area contributed by atoms with Crippen molar-refractivity contribution in [3.8, 4) is 39.5 Å². The highest BCUT2D eigenvalue weighted by Crippen LogP contribution is 2.38. The normalized spacial score (nSPS) is 15.0. The molecule has 5 aromatic rings. The van der Waals surface area contributed by atoms with Crippen molar-refractivity contribution in [2.75, 3.05) is 5.32 Å². The Bertz CT molecular complexity index is 1770. The van der Waals surface area contributed by atoms with Crippen LogP contribution in [0.15, 0.2) is 76.5 Å². The minimum Gasteiger partial charge on any atom is -0.444 e. The van der Waals surface area contributed by atoms with Crippen molar-refractivity contribution in [1.82, 2.24) is 25.0 Å². The maximum atomic E-state index is 14.3. The van der Waals surface area contributed by atoms with E-state index in [0.29, 0.717) is 40.3 Å². The number of halogens is 3. The van der Waals surface area contributed by atoms with Crippen molar-refractivity contribution in [2.24, 2.45) is 0 Å². The van der Waals surface area contributed by atoms with Crippen molar-refractivity contribution < 1.29 is 17.6 Å². The first-order valence-electron chi connectivity index (χ1n) is 12.6. The van der Waals surface area contributed by atoms with E-state index in [0.717, 1.165) is 28.3 Å². The van der Waals surface area contributed by atoms with Gasteiger partial charge in [-0.15, -0.1) is 0 Å². The summed E-state index contributed by atoms with van der Waals surface area (Å²) in [6, 6.07) is 12.4. The maximum absolute atomic E-state index is 14.3. The van der Waals surface area contributed by atoms with Crippen LogP contribution in [0.3, 0.4) is 0 Å². The summed E-state index contributed by atoms with van der Waals surface area (Å²) in [5.74, 6) is 0.537. The molecule has 2 aromatic carbocycles. The first-order chi connectivity index (χ1) is 19.2. The smallest absolute Gasteiger partial charge is 0.418 e. The molecule has 0 spiro atoms. The van der Waals surface area contributed by atoms with Gasteiger partial charge < -0.3 is 9.73 Å². The fraction of sp³-hybridized carbons (Fsp3) is 0.207. The van der Waals surface area contributed by atoms with Crippen LogP contribution < -0.4 is 10.9 Å². The molecule has 3 aromatic heterocycles. The number of nitrogens with one attached hydrogen (secondary N) is 1. The molecule has 0 aliphatic carbocycles. The molecule has 1 aliphatic rings. The van der Waals surface area contributed by atoms with Crippen LogP contribution in [0, 0.1) is 6.92 Å². The Morgan fingerprint density at radius 2 is 1.90 bits per heavy atom. The maximum Gasteiger partial charge on any atom is 0.418 e. The van der Waals surface area contributed by atoms with Gasteiger partial charge in [-0.25, -0.2) is 4.98 Å². The first-order valence-corrected chi connectivity index (χ1v) is 12.6. The third-order valence-corrected chi connectivity index (χ3v) is 6.88. The summed E-state index contributed by atoms with van der Waals surface area (Å²) in [5, 5.41) is 15.7. The fourth-order valence-corrected chi connectivity index (χ4v) is 5.01. The van der Waals surface area contributed by atoms with Gasteiger partial charge in [0.2, 0.25) is 0 Å². The SMILES string of the molecule is Cc1cc(-c2cnco2)cc(-c2nn(-c3cc(-c4cccnn4)ccc3C(F)(F)F)c(=O)c3c2CCC(C)N3)c1. The third-order valence-electron chi connectivity index (χ3n) is 6.88. The first kappa shape index (κ1) is 25.5. The Kier molecular flexibility index (Phi) is 6.21. The fourth-order valence-electron chi connectivity index (χ4n) is 5.01. The molecule has 0 amide bonds. The molecule has 0 fully saturated rings. The van der Waals surface area contributed by atoms with Crippen LogP contribution in [-0.4, -0.2) is 31.0 Å². The van der Waals surface area contributed by atoms with E-state index < -0.39 is 23.0 Å². The van der Waals surface area contributed by atoms with E-state index in [-0.39, 0.29) is 11.7 Å². The lowest BCUT2D eigenvalue weighted by molar-refractivity contribution is -0.137. The Hall–Kier alpha value is -4.80. The van der Waals surface area contributed by atoms with Gasteiger partial charge in [0, 0.05) is 34.5 Å². The van der Waals surface area contributed by atoms with E-state index >= 15 is 0 Å². The van der Waals surface area contributed by atoms with Crippen LogP contribution in [0.5, 0.6) is 0 Å². The summed E-state index contributed by atoms with van der Waals surface area (Å²) < 4.78 is 49.2. The number of benzene rings is 2. The van der Waals surface area contributed by atoms with Crippen molar-refractivity contribution in [1.29, 1.82) is 0 Å². The van der Waals surface area contributed by atoms with E-state index in [1.54, 1.807) is 18.3 Å². The minimum atomic E-state index is -4.74. The number of hydrogen-bond donors (Lipinski definition) is 1. The van der Waals surface area contributed by atoms with Crippen LogP contribution in [0.2, 0.25) is 0 Å². The number of oxazole rings is 1. The Balaban J connectivity index is 1.64. The zero-order valence-corrected chi connectivity index (χ0v) is 21.5. The molecule has 1 unspecified atom stereocenters. The second-order valence-corrected chi connectivity index (χ2v) is 9.80. The van der Waals surface area contributed by atoms with Crippen molar-refractivity contribution in [3.63, 3.8) is 0 Å². The van der Waals surface area contributed by atoms with E-state index in [4.69, 9.17) is 4.42 Å². The predicted octanol–water partition coefficient (Wildman–Crippen LogP) is 6.09. The van der Waals surface area contributed by atoms with Gasteiger partial charge in [0.25, 0.3) is 5.56 Å². The minimum absolute atomic E-state index is 0.0424. The number of aryl methyl sites for hydroxylation is 1.